The highest BCUT2D eigenvalue weighted by atomic mass is 32.2. The van der Waals surface area contributed by atoms with Crippen molar-refractivity contribution in [3.05, 3.63) is 0 Å². The third kappa shape index (κ3) is 4.22. The van der Waals surface area contributed by atoms with Crippen molar-refractivity contribution in [3.63, 3.8) is 0 Å². The molecule has 7 heteroatoms. The van der Waals surface area contributed by atoms with Crippen molar-refractivity contribution < 1.29 is 23.1 Å². The van der Waals surface area contributed by atoms with Crippen LogP contribution in [-0.4, -0.2) is 45.0 Å². The van der Waals surface area contributed by atoms with Gasteiger partial charge in [0.25, 0.3) is 0 Å². The van der Waals surface area contributed by atoms with E-state index in [2.05, 4.69) is 4.72 Å². The molecule has 0 aromatic carbocycles. The number of carboxylic acids is 1. The summed E-state index contributed by atoms with van der Waals surface area (Å²) >= 11 is 0. The summed E-state index contributed by atoms with van der Waals surface area (Å²) in [6, 6.07) is 0. The Balaban J connectivity index is 2.49. The van der Waals surface area contributed by atoms with Gasteiger partial charge in [-0.25, -0.2) is 13.1 Å². The van der Waals surface area contributed by atoms with E-state index < -0.39 is 21.4 Å². The zero-order valence-corrected chi connectivity index (χ0v) is 11.5. The Morgan fingerprint density at radius 1 is 1.39 bits per heavy atom. The maximum Gasteiger partial charge on any atom is 0.310 e. The molecule has 0 unspecified atom stereocenters. The van der Waals surface area contributed by atoms with Crippen LogP contribution in [0.5, 0.6) is 0 Å². The fourth-order valence-corrected chi connectivity index (χ4v) is 3.13. The van der Waals surface area contributed by atoms with Crippen molar-refractivity contribution in [2.24, 2.45) is 5.41 Å². The molecule has 0 aliphatic heterocycles. The summed E-state index contributed by atoms with van der Waals surface area (Å²) in [5.74, 6) is -1.04. The second kappa shape index (κ2) is 6.49. The van der Waals surface area contributed by atoms with Gasteiger partial charge in [-0.1, -0.05) is 12.8 Å². The van der Waals surface area contributed by atoms with E-state index in [4.69, 9.17) is 4.74 Å². The molecule has 0 bridgehead atoms. The molecule has 1 aliphatic carbocycles. The molecule has 2 N–H and O–H groups in total. The van der Waals surface area contributed by atoms with Crippen LogP contribution >= 0.6 is 0 Å². The number of hydrogen-bond acceptors (Lipinski definition) is 4. The van der Waals surface area contributed by atoms with Crippen LogP contribution in [0, 0.1) is 5.41 Å². The first-order chi connectivity index (χ1) is 8.42. The molecule has 0 aromatic heterocycles. The molecular weight excluding hydrogens is 258 g/mol. The molecule has 0 saturated heterocycles. The fraction of sp³-hybridized carbons (Fsp3) is 0.909. The van der Waals surface area contributed by atoms with E-state index in [1.807, 2.05) is 0 Å². The molecule has 18 heavy (non-hydrogen) atoms. The van der Waals surface area contributed by atoms with Gasteiger partial charge in [0.1, 0.15) is 0 Å². The Hall–Kier alpha value is -0.660. The Morgan fingerprint density at radius 2 is 2.00 bits per heavy atom. The Morgan fingerprint density at radius 3 is 2.50 bits per heavy atom. The summed E-state index contributed by atoms with van der Waals surface area (Å²) in [5.41, 5.74) is -0.918. The monoisotopic (exact) mass is 279 g/mol. The molecule has 0 aromatic rings. The summed E-state index contributed by atoms with van der Waals surface area (Å²) in [4.78, 5) is 11.2. The summed E-state index contributed by atoms with van der Waals surface area (Å²) in [6.07, 6.45) is 2.76. The maximum atomic E-state index is 11.6. The van der Waals surface area contributed by atoms with Gasteiger partial charge in [-0.2, -0.15) is 0 Å². The van der Waals surface area contributed by atoms with Crippen LogP contribution in [0.3, 0.4) is 0 Å². The lowest BCUT2D eigenvalue weighted by molar-refractivity contribution is -0.148. The molecule has 106 valence electrons. The lowest BCUT2D eigenvalue weighted by Gasteiger charge is -2.23. The zero-order valence-electron chi connectivity index (χ0n) is 10.6. The molecule has 1 rings (SSSR count). The first-order valence-corrected chi connectivity index (χ1v) is 7.85. The van der Waals surface area contributed by atoms with E-state index in [9.17, 15) is 18.3 Å². The van der Waals surface area contributed by atoms with E-state index in [0.717, 1.165) is 12.8 Å². The van der Waals surface area contributed by atoms with Gasteiger partial charge in [-0.05, 0) is 19.8 Å². The van der Waals surface area contributed by atoms with Gasteiger partial charge in [0.15, 0.2) is 0 Å². The first kappa shape index (κ1) is 15.4. The molecule has 0 amide bonds. The van der Waals surface area contributed by atoms with Crippen LogP contribution in [-0.2, 0) is 19.6 Å². The highest BCUT2D eigenvalue weighted by Gasteiger charge is 2.41. The Kier molecular flexibility index (Phi) is 5.55. The van der Waals surface area contributed by atoms with Crippen molar-refractivity contribution in [1.29, 1.82) is 0 Å². The molecule has 0 heterocycles. The fourth-order valence-electron chi connectivity index (χ4n) is 2.15. The molecule has 1 saturated carbocycles. The number of hydrogen-bond donors (Lipinski definition) is 2. The quantitative estimate of drug-likeness (QED) is 0.634. The SMILES string of the molecule is CCOCCS(=O)(=O)NCC1(C(=O)O)CCCC1. The van der Waals surface area contributed by atoms with Crippen molar-refractivity contribution >= 4 is 16.0 Å². The Bertz CT molecular complexity index is 373. The minimum atomic E-state index is -3.45. The summed E-state index contributed by atoms with van der Waals surface area (Å²) < 4.78 is 30.7. The smallest absolute Gasteiger partial charge is 0.310 e. The number of aliphatic carboxylic acids is 1. The summed E-state index contributed by atoms with van der Waals surface area (Å²) in [6.45, 7) is 2.37. The lowest BCUT2D eigenvalue weighted by Crippen LogP contribution is -2.42. The minimum Gasteiger partial charge on any atom is -0.481 e. The number of sulfonamides is 1. The average Bonchev–Trinajstić information content (AvgIpc) is 2.77. The number of nitrogens with one attached hydrogen (secondary N) is 1. The van der Waals surface area contributed by atoms with Crippen molar-refractivity contribution in [2.45, 2.75) is 32.6 Å². The molecule has 0 atom stereocenters. The highest BCUT2D eigenvalue weighted by Crippen LogP contribution is 2.37. The predicted octanol–water partition coefficient (Wildman–Crippen LogP) is 0.587. The first-order valence-electron chi connectivity index (χ1n) is 6.20. The third-order valence-corrected chi connectivity index (χ3v) is 4.63. The van der Waals surface area contributed by atoms with E-state index >= 15 is 0 Å². The zero-order chi connectivity index (χ0) is 13.6. The second-order valence-corrected chi connectivity index (χ2v) is 6.56. The summed E-state index contributed by atoms with van der Waals surface area (Å²) in [5, 5.41) is 9.22. The molecule has 0 radical (unpaired) electrons. The largest absolute Gasteiger partial charge is 0.481 e. The molecule has 1 aliphatic rings. The van der Waals surface area contributed by atoms with Crippen LogP contribution in [0.25, 0.3) is 0 Å². The highest BCUT2D eigenvalue weighted by molar-refractivity contribution is 7.89. The van der Waals surface area contributed by atoms with Gasteiger partial charge >= 0.3 is 5.97 Å². The third-order valence-electron chi connectivity index (χ3n) is 3.35. The maximum absolute atomic E-state index is 11.6. The Labute approximate surface area is 108 Å². The van der Waals surface area contributed by atoms with Crippen LogP contribution in [0.1, 0.15) is 32.6 Å². The average molecular weight is 279 g/mol. The van der Waals surface area contributed by atoms with Crippen LogP contribution in [0.15, 0.2) is 0 Å². The number of carboxylic acid groups (broad SMARTS) is 1. The van der Waals surface area contributed by atoms with Crippen molar-refractivity contribution in [2.75, 3.05) is 25.5 Å². The molecule has 0 spiro atoms. The van der Waals surface area contributed by atoms with Gasteiger partial charge in [0, 0.05) is 13.2 Å². The van der Waals surface area contributed by atoms with E-state index in [1.165, 1.54) is 0 Å². The van der Waals surface area contributed by atoms with Gasteiger partial charge in [-0.3, -0.25) is 4.79 Å². The van der Waals surface area contributed by atoms with Crippen molar-refractivity contribution in [3.8, 4) is 0 Å². The van der Waals surface area contributed by atoms with Crippen molar-refractivity contribution in [1.82, 2.24) is 4.72 Å². The van der Waals surface area contributed by atoms with Crippen LogP contribution in [0.4, 0.5) is 0 Å². The van der Waals surface area contributed by atoms with Gasteiger partial charge < -0.3 is 9.84 Å². The second-order valence-electron chi connectivity index (χ2n) is 4.63. The predicted molar refractivity (Wildman–Crippen MR) is 66.8 cm³/mol. The standard InChI is InChI=1S/C11H21NO5S/c1-2-17-7-8-18(15,16)12-9-11(10(13)14)5-3-4-6-11/h12H,2-9H2,1H3,(H,13,14). The van der Waals surface area contributed by atoms with Gasteiger partial charge in [0.2, 0.25) is 10.0 Å². The van der Waals surface area contributed by atoms with E-state index in [1.54, 1.807) is 6.92 Å². The van der Waals surface area contributed by atoms with E-state index in [-0.39, 0.29) is 18.9 Å². The number of carbonyl (C=O) groups is 1. The molecular formula is C11H21NO5S. The lowest BCUT2D eigenvalue weighted by atomic mass is 9.87. The van der Waals surface area contributed by atoms with Gasteiger partial charge in [-0.15, -0.1) is 0 Å². The normalized spacial score (nSPS) is 18.9. The molecule has 6 nitrogen and oxygen atoms in total. The molecule has 1 fully saturated rings. The van der Waals surface area contributed by atoms with Gasteiger partial charge in [0.05, 0.1) is 17.8 Å². The van der Waals surface area contributed by atoms with Crippen LogP contribution < -0.4 is 4.72 Å². The topological polar surface area (TPSA) is 92.7 Å². The minimum absolute atomic E-state index is 0.0171. The summed E-state index contributed by atoms with van der Waals surface area (Å²) in [7, 11) is -3.45. The van der Waals surface area contributed by atoms with Crippen LogP contribution in [0.2, 0.25) is 0 Å². The number of rotatable bonds is 8. The number of ether oxygens (including phenoxy) is 1. The van der Waals surface area contributed by atoms with E-state index in [0.29, 0.717) is 19.4 Å².